The fourth-order valence-corrected chi connectivity index (χ4v) is 3.02. The summed E-state index contributed by atoms with van der Waals surface area (Å²) in [5.41, 5.74) is 6.49. The van der Waals surface area contributed by atoms with Crippen molar-refractivity contribution in [1.29, 1.82) is 0 Å². The molecule has 3 N–H and O–H groups in total. The van der Waals surface area contributed by atoms with E-state index in [0.29, 0.717) is 24.1 Å². The van der Waals surface area contributed by atoms with Crippen LogP contribution in [-0.2, 0) is 17.8 Å². The van der Waals surface area contributed by atoms with Crippen LogP contribution in [0.15, 0.2) is 24.3 Å². The van der Waals surface area contributed by atoms with E-state index in [9.17, 15) is 9.59 Å². The molecule has 1 heterocycles. The number of aromatic nitrogens is 3. The Kier molecular flexibility index (Phi) is 3.99. The van der Waals surface area contributed by atoms with Crippen LogP contribution in [0, 0.1) is 0 Å². The molecule has 0 radical (unpaired) electrons. The number of nitrogens with one attached hydrogen (secondary N) is 1. The van der Waals surface area contributed by atoms with Gasteiger partial charge in [0.15, 0.2) is 5.82 Å². The van der Waals surface area contributed by atoms with Gasteiger partial charge in [-0.05, 0) is 43.4 Å². The van der Waals surface area contributed by atoms with Crippen molar-refractivity contribution in [3.05, 3.63) is 47.0 Å². The van der Waals surface area contributed by atoms with Crippen molar-refractivity contribution in [2.24, 2.45) is 5.73 Å². The van der Waals surface area contributed by atoms with E-state index in [4.69, 9.17) is 5.73 Å². The van der Waals surface area contributed by atoms with Crippen LogP contribution in [0.3, 0.4) is 0 Å². The molecule has 2 aromatic rings. The summed E-state index contributed by atoms with van der Waals surface area (Å²) in [6.45, 7) is 0.397. The molecule has 0 atom stereocenters. The second-order valence-electron chi connectivity index (χ2n) is 6.86. The molecule has 2 saturated carbocycles. The summed E-state index contributed by atoms with van der Waals surface area (Å²) in [7, 11) is 0. The van der Waals surface area contributed by atoms with Gasteiger partial charge in [-0.1, -0.05) is 12.1 Å². The predicted molar refractivity (Wildman–Crippen MR) is 90.8 cm³/mol. The molecule has 2 amide bonds. The molecule has 0 bridgehead atoms. The van der Waals surface area contributed by atoms with E-state index < -0.39 is 5.91 Å². The molecule has 4 rings (SSSR count). The van der Waals surface area contributed by atoms with Crippen LogP contribution in [0.4, 0.5) is 0 Å². The second kappa shape index (κ2) is 6.31. The van der Waals surface area contributed by atoms with Crippen LogP contribution < -0.4 is 11.1 Å². The number of nitrogens with two attached hydrogens (primary N) is 1. The van der Waals surface area contributed by atoms with E-state index in [2.05, 4.69) is 20.1 Å². The van der Waals surface area contributed by atoms with Crippen LogP contribution in [0.5, 0.6) is 0 Å². The number of rotatable bonds is 7. The van der Waals surface area contributed by atoms with Gasteiger partial charge < -0.3 is 15.6 Å². The Balaban J connectivity index is 1.36. The number of benzene rings is 1. The highest BCUT2D eigenvalue weighted by Crippen LogP contribution is 2.44. The maximum absolute atomic E-state index is 12.2. The Morgan fingerprint density at radius 2 is 1.84 bits per heavy atom. The molecule has 1 aromatic heterocycles. The Morgan fingerprint density at radius 1 is 1.12 bits per heavy atom. The second-order valence-corrected chi connectivity index (χ2v) is 6.86. The molecule has 0 aliphatic heterocycles. The number of primary amides is 1. The maximum atomic E-state index is 12.2. The standard InChI is InChI=1S/C18H21N5O2/c19-17(25)12-3-1-11(2-4-12)9-16(24)20-10-15-21-22-18(13-5-6-13)23(15)14-7-8-14/h1-4,13-14H,5-10H2,(H2,19,25)(H,20,24). The minimum absolute atomic E-state index is 0.0786. The van der Waals surface area contributed by atoms with E-state index in [0.717, 1.165) is 17.2 Å². The summed E-state index contributed by atoms with van der Waals surface area (Å²) in [6.07, 6.45) is 4.99. The van der Waals surface area contributed by atoms with Gasteiger partial charge in [-0.2, -0.15) is 0 Å². The van der Waals surface area contributed by atoms with Gasteiger partial charge in [-0.15, -0.1) is 10.2 Å². The van der Waals surface area contributed by atoms with Gasteiger partial charge in [0.25, 0.3) is 0 Å². The van der Waals surface area contributed by atoms with Gasteiger partial charge in [0.05, 0.1) is 13.0 Å². The van der Waals surface area contributed by atoms with Crippen LogP contribution in [0.25, 0.3) is 0 Å². The molecule has 0 spiro atoms. The van der Waals surface area contributed by atoms with Gasteiger partial charge in [-0.25, -0.2) is 0 Å². The van der Waals surface area contributed by atoms with Gasteiger partial charge in [0.2, 0.25) is 11.8 Å². The molecule has 25 heavy (non-hydrogen) atoms. The monoisotopic (exact) mass is 339 g/mol. The lowest BCUT2D eigenvalue weighted by Crippen LogP contribution is -2.26. The lowest BCUT2D eigenvalue weighted by atomic mass is 10.1. The van der Waals surface area contributed by atoms with Crippen molar-refractivity contribution in [2.75, 3.05) is 0 Å². The molecular formula is C18H21N5O2. The Labute approximate surface area is 145 Å². The van der Waals surface area contributed by atoms with Crippen molar-refractivity contribution in [2.45, 2.75) is 50.6 Å². The minimum Gasteiger partial charge on any atom is -0.366 e. The largest absolute Gasteiger partial charge is 0.366 e. The molecule has 0 unspecified atom stereocenters. The topological polar surface area (TPSA) is 103 Å². The summed E-state index contributed by atoms with van der Waals surface area (Å²) in [6, 6.07) is 7.28. The number of carbonyl (C=O) groups excluding carboxylic acids is 2. The predicted octanol–water partition coefficient (Wildman–Crippen LogP) is 1.45. The first-order valence-electron chi connectivity index (χ1n) is 8.71. The number of hydrogen-bond acceptors (Lipinski definition) is 4. The highest BCUT2D eigenvalue weighted by molar-refractivity contribution is 5.92. The van der Waals surface area contributed by atoms with Crippen molar-refractivity contribution >= 4 is 11.8 Å². The zero-order valence-corrected chi connectivity index (χ0v) is 13.9. The molecule has 2 fully saturated rings. The normalized spacial score (nSPS) is 16.6. The number of carbonyl (C=O) groups is 2. The average molecular weight is 339 g/mol. The van der Waals surface area contributed by atoms with E-state index in [1.807, 2.05) is 0 Å². The van der Waals surface area contributed by atoms with Crippen LogP contribution >= 0.6 is 0 Å². The Morgan fingerprint density at radius 3 is 2.44 bits per heavy atom. The third kappa shape index (κ3) is 3.55. The first-order chi connectivity index (χ1) is 12.1. The number of nitrogens with zero attached hydrogens (tertiary/aromatic N) is 3. The highest BCUT2D eigenvalue weighted by atomic mass is 16.1. The first-order valence-corrected chi connectivity index (χ1v) is 8.71. The van der Waals surface area contributed by atoms with Crippen molar-refractivity contribution in [3.63, 3.8) is 0 Å². The molecule has 1 aromatic carbocycles. The van der Waals surface area contributed by atoms with Gasteiger partial charge in [0, 0.05) is 17.5 Å². The van der Waals surface area contributed by atoms with Crippen LogP contribution in [0.1, 0.15) is 65.2 Å². The van der Waals surface area contributed by atoms with E-state index in [-0.39, 0.29) is 12.3 Å². The Bertz CT molecular complexity index is 803. The van der Waals surface area contributed by atoms with Crippen LogP contribution in [-0.4, -0.2) is 26.6 Å². The summed E-state index contributed by atoms with van der Waals surface area (Å²) < 4.78 is 2.24. The van der Waals surface area contributed by atoms with Crippen molar-refractivity contribution < 1.29 is 9.59 Å². The molecule has 7 heteroatoms. The van der Waals surface area contributed by atoms with Gasteiger partial charge >= 0.3 is 0 Å². The average Bonchev–Trinajstić information content (AvgIpc) is 3.52. The fourth-order valence-electron chi connectivity index (χ4n) is 3.02. The zero-order chi connectivity index (χ0) is 17.4. The zero-order valence-electron chi connectivity index (χ0n) is 13.9. The molecule has 2 aliphatic rings. The third-order valence-corrected chi connectivity index (χ3v) is 4.69. The SMILES string of the molecule is NC(=O)c1ccc(CC(=O)NCc2nnc(C3CC3)n2C2CC2)cc1. The summed E-state index contributed by atoms with van der Waals surface area (Å²) in [5.74, 6) is 1.95. The first kappa shape index (κ1) is 15.8. The lowest BCUT2D eigenvalue weighted by Gasteiger charge is -2.09. The summed E-state index contributed by atoms with van der Waals surface area (Å²) in [5, 5.41) is 11.6. The third-order valence-electron chi connectivity index (χ3n) is 4.69. The number of hydrogen-bond donors (Lipinski definition) is 2. The fraction of sp³-hybridized carbons (Fsp3) is 0.444. The van der Waals surface area contributed by atoms with Gasteiger partial charge in [0.1, 0.15) is 5.82 Å². The van der Waals surface area contributed by atoms with Gasteiger partial charge in [-0.3, -0.25) is 9.59 Å². The summed E-state index contributed by atoms with van der Waals surface area (Å²) >= 11 is 0. The van der Waals surface area contributed by atoms with E-state index >= 15 is 0 Å². The van der Waals surface area contributed by atoms with Crippen LogP contribution in [0.2, 0.25) is 0 Å². The minimum atomic E-state index is -0.470. The molecule has 0 saturated heterocycles. The Hall–Kier alpha value is -2.70. The molecule has 7 nitrogen and oxygen atoms in total. The smallest absolute Gasteiger partial charge is 0.248 e. The summed E-state index contributed by atoms with van der Waals surface area (Å²) in [4.78, 5) is 23.3. The number of amides is 2. The van der Waals surface area contributed by atoms with E-state index in [1.54, 1.807) is 24.3 Å². The van der Waals surface area contributed by atoms with Crippen molar-refractivity contribution in [3.8, 4) is 0 Å². The molecule has 2 aliphatic carbocycles. The lowest BCUT2D eigenvalue weighted by molar-refractivity contribution is -0.120. The highest BCUT2D eigenvalue weighted by Gasteiger charge is 2.36. The molecule has 130 valence electrons. The van der Waals surface area contributed by atoms with E-state index in [1.165, 1.54) is 25.7 Å². The van der Waals surface area contributed by atoms with Crippen molar-refractivity contribution in [1.82, 2.24) is 20.1 Å². The quantitative estimate of drug-likeness (QED) is 0.797. The molecular weight excluding hydrogens is 318 g/mol. The maximum Gasteiger partial charge on any atom is 0.248 e.